The molecule has 0 aliphatic carbocycles. The highest BCUT2D eigenvalue weighted by atomic mass is 19.4. The van der Waals surface area contributed by atoms with Gasteiger partial charge in [0.05, 0.1) is 18.1 Å². The zero-order chi connectivity index (χ0) is 15.6. The molecule has 0 unspecified atom stereocenters. The molecule has 1 fully saturated rings. The maximum absolute atomic E-state index is 13.5. The van der Waals surface area contributed by atoms with Gasteiger partial charge in [0, 0.05) is 6.61 Å². The van der Waals surface area contributed by atoms with Gasteiger partial charge in [-0.05, 0) is 18.6 Å². The Morgan fingerprint density at radius 1 is 1.29 bits per heavy atom. The minimum atomic E-state index is -5.02. The molecule has 1 aliphatic heterocycles. The largest absolute Gasteiger partial charge is 0.413 e. The molecule has 1 aromatic rings. The van der Waals surface area contributed by atoms with Crippen LogP contribution in [0.3, 0.4) is 0 Å². The molecule has 0 aromatic heterocycles. The number of hydrogen-bond donors (Lipinski definition) is 1. The first-order chi connectivity index (χ1) is 9.80. The van der Waals surface area contributed by atoms with Crippen molar-refractivity contribution >= 4 is 5.91 Å². The molecule has 1 N–H and O–H groups in total. The number of halogens is 5. The Morgan fingerprint density at radius 3 is 2.38 bits per heavy atom. The Hall–Kier alpha value is -1.70. The third kappa shape index (κ3) is 3.49. The van der Waals surface area contributed by atoms with E-state index in [4.69, 9.17) is 4.74 Å². The summed E-state index contributed by atoms with van der Waals surface area (Å²) in [5.41, 5.74) is -1.21. The van der Waals surface area contributed by atoms with E-state index >= 15 is 0 Å². The van der Waals surface area contributed by atoms with Crippen LogP contribution < -0.4 is 5.32 Å². The fourth-order valence-electron chi connectivity index (χ4n) is 2.11. The first-order valence-corrected chi connectivity index (χ1v) is 6.19. The predicted octanol–water partition coefficient (Wildman–Crippen LogP) is 2.72. The lowest BCUT2D eigenvalue weighted by Crippen LogP contribution is -2.42. The number of alkyl halides is 3. The van der Waals surface area contributed by atoms with E-state index in [1.54, 1.807) is 5.32 Å². The quantitative estimate of drug-likeness (QED) is 0.872. The molecular formula is C13H12F5NO2. The van der Waals surface area contributed by atoms with Crippen molar-refractivity contribution in [1.29, 1.82) is 0 Å². The maximum Gasteiger partial charge on any atom is 0.413 e. The van der Waals surface area contributed by atoms with Gasteiger partial charge in [-0.1, -0.05) is 6.07 Å². The summed E-state index contributed by atoms with van der Waals surface area (Å²) in [5.74, 6) is -4.40. The van der Waals surface area contributed by atoms with Gasteiger partial charge in [0.15, 0.2) is 6.04 Å². The predicted molar refractivity (Wildman–Crippen MR) is 62.2 cm³/mol. The molecule has 2 rings (SSSR count). The van der Waals surface area contributed by atoms with Crippen LogP contribution in [0.15, 0.2) is 18.2 Å². The molecule has 0 radical (unpaired) electrons. The van der Waals surface area contributed by atoms with E-state index in [-0.39, 0.29) is 19.6 Å². The lowest BCUT2D eigenvalue weighted by molar-refractivity contribution is -0.165. The average Bonchev–Trinajstić information content (AvgIpc) is 2.89. The number of carbonyl (C=O) groups is 1. The van der Waals surface area contributed by atoms with Crippen LogP contribution in [-0.4, -0.2) is 25.3 Å². The summed E-state index contributed by atoms with van der Waals surface area (Å²) >= 11 is 0. The molecule has 0 saturated carbocycles. The van der Waals surface area contributed by atoms with Crippen molar-refractivity contribution in [2.24, 2.45) is 5.92 Å². The number of nitrogens with one attached hydrogen (secondary N) is 1. The fraction of sp³-hybridized carbons (Fsp3) is 0.462. The van der Waals surface area contributed by atoms with Crippen molar-refractivity contribution in [3.05, 3.63) is 35.4 Å². The highest BCUT2D eigenvalue weighted by molar-refractivity contribution is 5.79. The first kappa shape index (κ1) is 15.7. The second-order valence-corrected chi connectivity index (χ2v) is 4.68. The Bertz CT molecular complexity index is 506. The molecule has 1 aliphatic rings. The smallest absolute Gasteiger partial charge is 0.381 e. The van der Waals surface area contributed by atoms with E-state index in [0.717, 1.165) is 6.07 Å². The monoisotopic (exact) mass is 309 g/mol. The molecule has 1 amide bonds. The standard InChI is InChI=1S/C13H12F5NO2/c14-8-2-1-3-9(15)10(8)11(13(16,17)18)19-12(20)7-4-5-21-6-7/h1-3,7,11H,4-6H2,(H,19,20)/t7-,11-/m0/s1. The van der Waals surface area contributed by atoms with E-state index < -0.39 is 41.2 Å². The molecule has 1 aromatic carbocycles. The lowest BCUT2D eigenvalue weighted by atomic mass is 10.0. The Kier molecular flexibility index (Phi) is 4.46. The number of carbonyl (C=O) groups excluding carboxylic acids is 1. The van der Waals surface area contributed by atoms with Gasteiger partial charge in [0.2, 0.25) is 5.91 Å². The number of hydrogen-bond acceptors (Lipinski definition) is 2. The molecular weight excluding hydrogens is 297 g/mol. The molecule has 0 spiro atoms. The minimum absolute atomic E-state index is 0.00381. The van der Waals surface area contributed by atoms with Gasteiger partial charge >= 0.3 is 6.18 Å². The first-order valence-electron chi connectivity index (χ1n) is 6.19. The van der Waals surface area contributed by atoms with Crippen molar-refractivity contribution < 1.29 is 31.5 Å². The summed E-state index contributed by atoms with van der Waals surface area (Å²) in [6.07, 6.45) is -4.74. The van der Waals surface area contributed by atoms with Crippen molar-refractivity contribution in [1.82, 2.24) is 5.32 Å². The van der Waals surface area contributed by atoms with Crippen molar-refractivity contribution in [2.75, 3.05) is 13.2 Å². The van der Waals surface area contributed by atoms with Gasteiger partial charge in [-0.15, -0.1) is 0 Å². The summed E-state index contributed by atoms with van der Waals surface area (Å²) in [4.78, 5) is 11.8. The van der Waals surface area contributed by atoms with Gasteiger partial charge in [-0.3, -0.25) is 4.79 Å². The topological polar surface area (TPSA) is 38.3 Å². The summed E-state index contributed by atoms with van der Waals surface area (Å²) in [5, 5.41) is 1.67. The molecule has 1 saturated heterocycles. The molecule has 0 bridgehead atoms. The van der Waals surface area contributed by atoms with Crippen molar-refractivity contribution in [3.8, 4) is 0 Å². The third-order valence-electron chi connectivity index (χ3n) is 3.20. The van der Waals surface area contributed by atoms with Crippen LogP contribution in [0.5, 0.6) is 0 Å². The number of benzene rings is 1. The van der Waals surface area contributed by atoms with Crippen molar-refractivity contribution in [3.63, 3.8) is 0 Å². The van der Waals surface area contributed by atoms with E-state index in [1.807, 2.05) is 0 Å². The summed E-state index contributed by atoms with van der Waals surface area (Å²) in [7, 11) is 0. The molecule has 3 nitrogen and oxygen atoms in total. The van der Waals surface area contributed by atoms with E-state index in [9.17, 15) is 26.7 Å². The summed E-state index contributed by atoms with van der Waals surface area (Å²) in [6, 6.07) is -0.357. The third-order valence-corrected chi connectivity index (χ3v) is 3.20. The summed E-state index contributed by atoms with van der Waals surface area (Å²) < 4.78 is 71.1. The molecule has 8 heteroatoms. The number of rotatable bonds is 3. The van der Waals surface area contributed by atoms with Crippen LogP contribution in [-0.2, 0) is 9.53 Å². The molecule has 1 heterocycles. The van der Waals surface area contributed by atoms with Crippen molar-refractivity contribution in [2.45, 2.75) is 18.6 Å². The highest BCUT2D eigenvalue weighted by Crippen LogP contribution is 2.35. The van der Waals surface area contributed by atoms with Crippen LogP contribution in [0.25, 0.3) is 0 Å². The zero-order valence-corrected chi connectivity index (χ0v) is 10.7. The minimum Gasteiger partial charge on any atom is -0.381 e. The van der Waals surface area contributed by atoms with Crippen LogP contribution in [0.1, 0.15) is 18.0 Å². The zero-order valence-electron chi connectivity index (χ0n) is 10.7. The van der Waals surface area contributed by atoms with E-state index in [0.29, 0.717) is 12.1 Å². The van der Waals surface area contributed by atoms with Crippen LogP contribution >= 0.6 is 0 Å². The molecule has 2 atom stereocenters. The Morgan fingerprint density at radius 2 is 1.90 bits per heavy atom. The van der Waals surface area contributed by atoms with E-state index in [2.05, 4.69) is 0 Å². The SMILES string of the molecule is O=C(N[C@@H](c1c(F)cccc1F)C(F)(F)F)[C@H]1CCOC1. The van der Waals surface area contributed by atoms with Crippen LogP contribution in [0, 0.1) is 17.6 Å². The Labute approximate surface area is 117 Å². The lowest BCUT2D eigenvalue weighted by Gasteiger charge is -2.24. The highest BCUT2D eigenvalue weighted by Gasteiger charge is 2.45. The number of ether oxygens (including phenoxy) is 1. The average molecular weight is 309 g/mol. The second kappa shape index (κ2) is 5.97. The summed E-state index contributed by atoms with van der Waals surface area (Å²) in [6.45, 7) is 0.263. The fourth-order valence-corrected chi connectivity index (χ4v) is 2.11. The van der Waals surface area contributed by atoms with Gasteiger partial charge in [-0.25, -0.2) is 8.78 Å². The molecule has 116 valence electrons. The Balaban J connectivity index is 2.29. The van der Waals surface area contributed by atoms with Crippen LogP contribution in [0.2, 0.25) is 0 Å². The van der Waals surface area contributed by atoms with Gasteiger partial charge in [-0.2, -0.15) is 13.2 Å². The van der Waals surface area contributed by atoms with Gasteiger partial charge in [0.1, 0.15) is 11.6 Å². The normalized spacial score (nSPS) is 20.3. The maximum atomic E-state index is 13.5. The molecule has 21 heavy (non-hydrogen) atoms. The number of amides is 1. The second-order valence-electron chi connectivity index (χ2n) is 4.68. The van der Waals surface area contributed by atoms with Crippen LogP contribution in [0.4, 0.5) is 22.0 Å². The van der Waals surface area contributed by atoms with E-state index in [1.165, 1.54) is 0 Å². The van der Waals surface area contributed by atoms with Gasteiger partial charge < -0.3 is 10.1 Å². The van der Waals surface area contributed by atoms with Gasteiger partial charge in [0.25, 0.3) is 0 Å².